The first kappa shape index (κ1) is 18.3. The molecular weight excluding hydrogens is 330 g/mol. The number of aromatic nitrogens is 1. The predicted octanol–water partition coefficient (Wildman–Crippen LogP) is 3.51. The summed E-state index contributed by atoms with van der Waals surface area (Å²) in [5.41, 5.74) is 1.52. The molecule has 1 aromatic carbocycles. The smallest absolute Gasteiger partial charge is 0.191 e. The third kappa shape index (κ3) is 4.74. The molecule has 0 radical (unpaired) electrons. The third-order valence-electron chi connectivity index (χ3n) is 3.77. The third-order valence-corrected chi connectivity index (χ3v) is 4.85. The highest BCUT2D eigenvalue weighted by molar-refractivity contribution is 7.11. The second-order valence-electron chi connectivity index (χ2n) is 5.62. The lowest BCUT2D eigenvalue weighted by molar-refractivity contribution is 0.556. The van der Waals surface area contributed by atoms with Gasteiger partial charge in [-0.05, 0) is 25.5 Å². The molecule has 0 amide bonds. The van der Waals surface area contributed by atoms with Gasteiger partial charge in [0.05, 0.1) is 12.2 Å². The lowest BCUT2D eigenvalue weighted by atomic mass is 10.0. The van der Waals surface area contributed by atoms with Gasteiger partial charge < -0.3 is 10.6 Å². The average molecular weight is 352 g/mol. The number of hydrogen-bond acceptors (Lipinski definition) is 3. The van der Waals surface area contributed by atoms with E-state index < -0.39 is 11.6 Å². The number of thiazole rings is 1. The summed E-state index contributed by atoms with van der Waals surface area (Å²) >= 11 is 1.65. The average Bonchev–Trinajstić information content (AvgIpc) is 2.85. The van der Waals surface area contributed by atoms with Gasteiger partial charge in [0.2, 0.25) is 0 Å². The van der Waals surface area contributed by atoms with Gasteiger partial charge >= 0.3 is 0 Å². The lowest BCUT2D eigenvalue weighted by Crippen LogP contribution is -2.38. The van der Waals surface area contributed by atoms with Crippen LogP contribution in [0.4, 0.5) is 8.78 Å². The Morgan fingerprint density at radius 3 is 2.62 bits per heavy atom. The van der Waals surface area contributed by atoms with Crippen LogP contribution in [-0.2, 0) is 6.54 Å². The van der Waals surface area contributed by atoms with E-state index in [1.165, 1.54) is 17.0 Å². The molecule has 1 atom stereocenters. The highest BCUT2D eigenvalue weighted by Crippen LogP contribution is 2.19. The van der Waals surface area contributed by atoms with Crippen LogP contribution in [0, 0.1) is 25.5 Å². The van der Waals surface area contributed by atoms with E-state index in [0.717, 1.165) is 16.8 Å². The molecule has 0 fully saturated rings. The van der Waals surface area contributed by atoms with Crippen molar-refractivity contribution in [3.63, 3.8) is 0 Å². The van der Waals surface area contributed by atoms with E-state index in [1.54, 1.807) is 18.4 Å². The van der Waals surface area contributed by atoms with Crippen molar-refractivity contribution in [2.75, 3.05) is 13.6 Å². The van der Waals surface area contributed by atoms with E-state index in [1.807, 2.05) is 20.8 Å². The Morgan fingerprint density at radius 1 is 1.29 bits per heavy atom. The Hall–Kier alpha value is -2.02. The number of halogens is 2. The van der Waals surface area contributed by atoms with Crippen molar-refractivity contribution >= 4 is 17.3 Å². The number of aliphatic imine (C=N–C) groups is 1. The monoisotopic (exact) mass is 352 g/mol. The Labute approximate surface area is 145 Å². The molecule has 24 heavy (non-hydrogen) atoms. The quantitative estimate of drug-likeness (QED) is 0.640. The van der Waals surface area contributed by atoms with Crippen molar-refractivity contribution in [1.29, 1.82) is 0 Å². The molecule has 2 rings (SSSR count). The topological polar surface area (TPSA) is 49.3 Å². The van der Waals surface area contributed by atoms with Gasteiger partial charge in [0.15, 0.2) is 5.96 Å². The Bertz CT molecular complexity index is 708. The van der Waals surface area contributed by atoms with Gasteiger partial charge in [-0.2, -0.15) is 0 Å². The fraction of sp³-hybridized carbons (Fsp3) is 0.412. The minimum absolute atomic E-state index is 0.117. The minimum atomic E-state index is -0.567. The molecule has 0 bridgehead atoms. The molecule has 2 N–H and O–H groups in total. The fourth-order valence-electron chi connectivity index (χ4n) is 2.26. The molecule has 1 aromatic heterocycles. The van der Waals surface area contributed by atoms with Crippen LogP contribution < -0.4 is 10.6 Å². The second-order valence-corrected chi connectivity index (χ2v) is 6.91. The maximum Gasteiger partial charge on any atom is 0.191 e. The van der Waals surface area contributed by atoms with E-state index in [2.05, 4.69) is 20.6 Å². The van der Waals surface area contributed by atoms with Crippen molar-refractivity contribution in [2.45, 2.75) is 33.2 Å². The molecule has 0 aliphatic rings. The van der Waals surface area contributed by atoms with Gasteiger partial charge in [0.1, 0.15) is 16.6 Å². The van der Waals surface area contributed by atoms with Crippen molar-refractivity contribution < 1.29 is 8.78 Å². The minimum Gasteiger partial charge on any atom is -0.356 e. The van der Waals surface area contributed by atoms with Crippen molar-refractivity contribution in [3.8, 4) is 0 Å². The van der Waals surface area contributed by atoms with Gasteiger partial charge in [-0.15, -0.1) is 11.3 Å². The van der Waals surface area contributed by atoms with Crippen LogP contribution in [0.3, 0.4) is 0 Å². The van der Waals surface area contributed by atoms with Gasteiger partial charge in [-0.3, -0.25) is 4.99 Å². The molecule has 0 aliphatic heterocycles. The van der Waals surface area contributed by atoms with E-state index >= 15 is 0 Å². The van der Waals surface area contributed by atoms with E-state index in [4.69, 9.17) is 0 Å². The molecule has 0 spiro atoms. The molecule has 130 valence electrons. The lowest BCUT2D eigenvalue weighted by Gasteiger charge is -2.16. The number of guanidine groups is 1. The maximum atomic E-state index is 13.8. The standard InChI is InChI=1S/C17H22F2N4S/c1-10(14-6-5-13(18)7-15(14)19)8-21-17(20-4)22-9-16-23-11(2)12(3)24-16/h5-7,10H,8-9H2,1-4H3,(H2,20,21,22). The number of nitrogens with one attached hydrogen (secondary N) is 2. The highest BCUT2D eigenvalue weighted by Gasteiger charge is 2.12. The first-order chi connectivity index (χ1) is 11.4. The summed E-state index contributed by atoms with van der Waals surface area (Å²) < 4.78 is 26.8. The SMILES string of the molecule is CN=C(NCc1nc(C)c(C)s1)NCC(C)c1ccc(F)cc1F. The molecule has 0 aliphatic carbocycles. The van der Waals surface area contributed by atoms with E-state index in [0.29, 0.717) is 24.6 Å². The summed E-state index contributed by atoms with van der Waals surface area (Å²) in [5, 5.41) is 7.34. The number of benzene rings is 1. The second kappa shape index (κ2) is 8.19. The van der Waals surface area contributed by atoms with Crippen LogP contribution in [0.2, 0.25) is 0 Å². The van der Waals surface area contributed by atoms with Crippen molar-refractivity contribution in [3.05, 3.63) is 51.0 Å². The Balaban J connectivity index is 1.88. The number of rotatable bonds is 5. The highest BCUT2D eigenvalue weighted by atomic mass is 32.1. The van der Waals surface area contributed by atoms with Crippen molar-refractivity contribution in [2.24, 2.45) is 4.99 Å². The van der Waals surface area contributed by atoms with Gasteiger partial charge in [-0.25, -0.2) is 13.8 Å². The summed E-state index contributed by atoms with van der Waals surface area (Å²) in [6.45, 7) is 6.98. The number of hydrogen-bond donors (Lipinski definition) is 2. The van der Waals surface area contributed by atoms with Crippen LogP contribution in [-0.4, -0.2) is 24.5 Å². The first-order valence-electron chi connectivity index (χ1n) is 7.73. The zero-order chi connectivity index (χ0) is 17.7. The molecule has 1 heterocycles. The zero-order valence-corrected chi connectivity index (χ0v) is 15.1. The van der Waals surface area contributed by atoms with Crippen molar-refractivity contribution in [1.82, 2.24) is 15.6 Å². The Kier molecular flexibility index (Phi) is 6.25. The molecule has 0 saturated heterocycles. The number of aryl methyl sites for hydroxylation is 2. The molecule has 0 saturated carbocycles. The molecule has 4 nitrogen and oxygen atoms in total. The maximum absolute atomic E-state index is 13.8. The van der Waals surface area contributed by atoms with Crippen LogP contribution in [0.15, 0.2) is 23.2 Å². The molecular formula is C17H22F2N4S. The van der Waals surface area contributed by atoms with Crippen LogP contribution in [0.5, 0.6) is 0 Å². The first-order valence-corrected chi connectivity index (χ1v) is 8.54. The van der Waals surface area contributed by atoms with E-state index in [9.17, 15) is 8.78 Å². The van der Waals surface area contributed by atoms with Crippen LogP contribution in [0.1, 0.15) is 34.0 Å². The summed E-state index contributed by atoms with van der Waals surface area (Å²) in [5.74, 6) is -0.590. The van der Waals surface area contributed by atoms with Gasteiger partial charge in [-0.1, -0.05) is 13.0 Å². The fourth-order valence-corrected chi connectivity index (χ4v) is 3.13. The normalized spacial score (nSPS) is 13.0. The summed E-state index contributed by atoms with van der Waals surface area (Å²) in [6, 6.07) is 3.66. The van der Waals surface area contributed by atoms with Crippen LogP contribution in [0.25, 0.3) is 0 Å². The zero-order valence-electron chi connectivity index (χ0n) is 14.3. The Morgan fingerprint density at radius 2 is 2.04 bits per heavy atom. The van der Waals surface area contributed by atoms with Crippen LogP contribution >= 0.6 is 11.3 Å². The van der Waals surface area contributed by atoms with E-state index in [-0.39, 0.29) is 5.92 Å². The number of nitrogens with zero attached hydrogens (tertiary/aromatic N) is 2. The largest absolute Gasteiger partial charge is 0.356 e. The molecule has 2 aromatic rings. The van der Waals surface area contributed by atoms with Gasteiger partial charge in [0, 0.05) is 30.5 Å². The summed E-state index contributed by atoms with van der Waals surface area (Å²) in [4.78, 5) is 9.82. The summed E-state index contributed by atoms with van der Waals surface area (Å²) in [7, 11) is 1.68. The molecule has 1 unspecified atom stereocenters. The summed E-state index contributed by atoms with van der Waals surface area (Å²) in [6.07, 6.45) is 0. The van der Waals surface area contributed by atoms with Gasteiger partial charge in [0.25, 0.3) is 0 Å². The predicted molar refractivity (Wildman–Crippen MR) is 94.6 cm³/mol. The molecule has 7 heteroatoms.